The quantitative estimate of drug-likeness (QED) is 0.764. The number of halogens is 1. The lowest BCUT2D eigenvalue weighted by Crippen LogP contribution is -2.22. The number of pyridine rings is 1. The Morgan fingerprint density at radius 2 is 2.06 bits per heavy atom. The third kappa shape index (κ3) is 1.34. The summed E-state index contributed by atoms with van der Waals surface area (Å²) >= 11 is 0. The number of fused-ring (bicyclic) bond motifs is 1. The molecule has 3 rings (SSSR count). The SMILES string of the molecule is NC1(c2cc(=O)[nH]c3cc(F)ccc23)CC1. The molecule has 0 unspecified atom stereocenters. The second-order valence-electron chi connectivity index (χ2n) is 4.39. The van der Waals surface area contributed by atoms with Gasteiger partial charge in [-0.25, -0.2) is 4.39 Å². The van der Waals surface area contributed by atoms with Gasteiger partial charge in [-0.1, -0.05) is 0 Å². The topological polar surface area (TPSA) is 58.9 Å². The molecule has 0 spiro atoms. The zero-order valence-electron chi connectivity index (χ0n) is 8.59. The van der Waals surface area contributed by atoms with Crippen molar-refractivity contribution in [3.8, 4) is 0 Å². The van der Waals surface area contributed by atoms with Crippen LogP contribution in [-0.4, -0.2) is 4.98 Å². The highest BCUT2D eigenvalue weighted by Gasteiger charge is 2.41. The number of rotatable bonds is 1. The molecule has 2 aromatic rings. The lowest BCUT2D eigenvalue weighted by molar-refractivity contribution is 0.629. The first kappa shape index (κ1) is 9.54. The molecule has 1 aliphatic rings. The number of benzene rings is 1. The van der Waals surface area contributed by atoms with Crippen LogP contribution < -0.4 is 11.3 Å². The van der Waals surface area contributed by atoms with Crippen molar-refractivity contribution in [1.82, 2.24) is 4.98 Å². The summed E-state index contributed by atoms with van der Waals surface area (Å²) in [4.78, 5) is 14.1. The van der Waals surface area contributed by atoms with Crippen LogP contribution in [0.1, 0.15) is 18.4 Å². The van der Waals surface area contributed by atoms with E-state index in [0.717, 1.165) is 23.8 Å². The zero-order chi connectivity index (χ0) is 11.3. The van der Waals surface area contributed by atoms with Gasteiger partial charge in [0.15, 0.2) is 0 Å². The van der Waals surface area contributed by atoms with Crippen molar-refractivity contribution >= 4 is 10.9 Å². The summed E-state index contributed by atoms with van der Waals surface area (Å²) in [7, 11) is 0. The smallest absolute Gasteiger partial charge is 0.248 e. The maximum Gasteiger partial charge on any atom is 0.248 e. The lowest BCUT2D eigenvalue weighted by atomic mass is 10.0. The molecule has 1 aromatic carbocycles. The molecule has 0 saturated heterocycles. The molecule has 16 heavy (non-hydrogen) atoms. The van der Waals surface area contributed by atoms with E-state index in [1.807, 2.05) is 0 Å². The Morgan fingerprint density at radius 1 is 1.31 bits per heavy atom. The maximum absolute atomic E-state index is 13.1. The molecule has 1 saturated carbocycles. The number of nitrogens with two attached hydrogens (primary N) is 1. The Balaban J connectivity index is 2.39. The van der Waals surface area contributed by atoms with Gasteiger partial charge >= 0.3 is 0 Å². The summed E-state index contributed by atoms with van der Waals surface area (Å²) in [5.41, 5.74) is 6.82. The number of H-pyrrole nitrogens is 1. The minimum atomic E-state index is -0.385. The molecule has 1 aromatic heterocycles. The molecule has 0 aliphatic heterocycles. The molecule has 0 bridgehead atoms. The molecular formula is C12H11FN2O. The highest BCUT2D eigenvalue weighted by atomic mass is 19.1. The van der Waals surface area contributed by atoms with E-state index in [9.17, 15) is 9.18 Å². The average Bonchev–Trinajstić information content (AvgIpc) is 2.96. The van der Waals surface area contributed by atoms with Gasteiger partial charge < -0.3 is 10.7 Å². The van der Waals surface area contributed by atoms with Crippen LogP contribution >= 0.6 is 0 Å². The molecule has 0 atom stereocenters. The summed E-state index contributed by atoms with van der Waals surface area (Å²) in [5.74, 6) is -0.359. The Morgan fingerprint density at radius 3 is 2.75 bits per heavy atom. The lowest BCUT2D eigenvalue weighted by Gasteiger charge is -2.12. The van der Waals surface area contributed by atoms with Crippen molar-refractivity contribution in [3.05, 3.63) is 46.0 Å². The van der Waals surface area contributed by atoms with E-state index in [2.05, 4.69) is 4.98 Å². The van der Waals surface area contributed by atoms with Gasteiger partial charge in [0, 0.05) is 17.0 Å². The van der Waals surface area contributed by atoms with Crippen LogP contribution in [0.5, 0.6) is 0 Å². The third-order valence-corrected chi connectivity index (χ3v) is 3.13. The molecule has 3 N–H and O–H groups in total. The molecule has 0 radical (unpaired) electrons. The van der Waals surface area contributed by atoms with Crippen molar-refractivity contribution in [2.45, 2.75) is 18.4 Å². The summed E-state index contributed by atoms with van der Waals surface area (Å²) in [6.07, 6.45) is 1.76. The number of nitrogens with one attached hydrogen (secondary N) is 1. The van der Waals surface area contributed by atoms with Gasteiger partial charge in [0.25, 0.3) is 0 Å². The van der Waals surface area contributed by atoms with Crippen molar-refractivity contribution in [1.29, 1.82) is 0 Å². The molecular weight excluding hydrogens is 207 g/mol. The van der Waals surface area contributed by atoms with Crippen LogP contribution in [0.3, 0.4) is 0 Å². The first-order valence-corrected chi connectivity index (χ1v) is 5.20. The number of hydrogen-bond acceptors (Lipinski definition) is 2. The molecule has 4 heteroatoms. The van der Waals surface area contributed by atoms with Crippen LogP contribution in [0.25, 0.3) is 10.9 Å². The maximum atomic E-state index is 13.1. The summed E-state index contributed by atoms with van der Waals surface area (Å²) in [6.45, 7) is 0. The van der Waals surface area contributed by atoms with Crippen molar-refractivity contribution in [3.63, 3.8) is 0 Å². The molecule has 0 amide bonds. The predicted octanol–water partition coefficient (Wildman–Crippen LogP) is 1.62. The molecule has 3 nitrogen and oxygen atoms in total. The monoisotopic (exact) mass is 218 g/mol. The van der Waals surface area contributed by atoms with Gasteiger partial charge in [0.1, 0.15) is 5.82 Å². The highest BCUT2D eigenvalue weighted by Crippen LogP contribution is 2.44. The van der Waals surface area contributed by atoms with E-state index in [0.29, 0.717) is 5.52 Å². The van der Waals surface area contributed by atoms with Gasteiger partial charge in [-0.05, 0) is 36.6 Å². The summed E-state index contributed by atoms with van der Waals surface area (Å²) < 4.78 is 13.1. The second kappa shape index (κ2) is 2.92. The minimum absolute atomic E-state index is 0.232. The molecule has 1 heterocycles. The van der Waals surface area contributed by atoms with E-state index >= 15 is 0 Å². The van der Waals surface area contributed by atoms with Crippen LogP contribution in [-0.2, 0) is 5.54 Å². The Labute approximate surface area is 91.1 Å². The first-order valence-electron chi connectivity index (χ1n) is 5.20. The van der Waals surface area contributed by atoms with Gasteiger partial charge in [0.05, 0.1) is 5.52 Å². The Hall–Kier alpha value is -1.68. The van der Waals surface area contributed by atoms with Crippen molar-refractivity contribution < 1.29 is 4.39 Å². The van der Waals surface area contributed by atoms with E-state index < -0.39 is 0 Å². The van der Waals surface area contributed by atoms with Gasteiger partial charge in [-0.2, -0.15) is 0 Å². The van der Waals surface area contributed by atoms with E-state index in [1.165, 1.54) is 18.2 Å². The van der Waals surface area contributed by atoms with E-state index in [4.69, 9.17) is 5.73 Å². The number of aromatic amines is 1. The first-order chi connectivity index (χ1) is 7.58. The van der Waals surface area contributed by atoms with Gasteiger partial charge in [-0.3, -0.25) is 4.79 Å². The zero-order valence-corrected chi connectivity index (χ0v) is 8.59. The molecule has 1 fully saturated rings. The van der Waals surface area contributed by atoms with Crippen LogP contribution in [0.15, 0.2) is 29.1 Å². The second-order valence-corrected chi connectivity index (χ2v) is 4.39. The Kier molecular flexibility index (Phi) is 1.74. The average molecular weight is 218 g/mol. The van der Waals surface area contributed by atoms with Crippen LogP contribution in [0, 0.1) is 5.82 Å². The minimum Gasteiger partial charge on any atom is -0.322 e. The van der Waals surface area contributed by atoms with Crippen molar-refractivity contribution in [2.75, 3.05) is 0 Å². The highest BCUT2D eigenvalue weighted by molar-refractivity contribution is 5.83. The number of hydrogen-bond donors (Lipinski definition) is 2. The fourth-order valence-electron chi connectivity index (χ4n) is 2.05. The van der Waals surface area contributed by atoms with Crippen molar-refractivity contribution in [2.24, 2.45) is 5.73 Å². The standard InChI is InChI=1S/C12H11FN2O/c13-7-1-2-8-9(12(14)3-4-12)6-11(16)15-10(8)5-7/h1-2,5-6H,3-4,14H2,(H,15,16). The molecule has 82 valence electrons. The largest absolute Gasteiger partial charge is 0.322 e. The van der Waals surface area contributed by atoms with Crippen LogP contribution in [0.4, 0.5) is 4.39 Å². The Bertz CT molecular complexity index is 628. The predicted molar refractivity (Wildman–Crippen MR) is 59.6 cm³/mol. The number of aromatic nitrogens is 1. The summed E-state index contributed by atoms with van der Waals surface area (Å²) in [5, 5.41) is 0.834. The molecule has 1 aliphatic carbocycles. The van der Waals surface area contributed by atoms with E-state index in [-0.39, 0.29) is 16.9 Å². The fourth-order valence-corrected chi connectivity index (χ4v) is 2.05. The normalized spacial score (nSPS) is 17.6. The van der Waals surface area contributed by atoms with Gasteiger partial charge in [0.2, 0.25) is 5.56 Å². The summed E-state index contributed by atoms with van der Waals surface area (Å²) in [6, 6.07) is 5.90. The fraction of sp³-hybridized carbons (Fsp3) is 0.250. The third-order valence-electron chi connectivity index (χ3n) is 3.13. The van der Waals surface area contributed by atoms with E-state index in [1.54, 1.807) is 6.07 Å². The van der Waals surface area contributed by atoms with Crippen LogP contribution in [0.2, 0.25) is 0 Å². The van der Waals surface area contributed by atoms with Gasteiger partial charge in [-0.15, -0.1) is 0 Å².